The lowest BCUT2D eigenvalue weighted by Crippen LogP contribution is -2.03. The third-order valence-corrected chi connectivity index (χ3v) is 2.63. The molecule has 0 saturated heterocycles. The fraction of sp³-hybridized carbons (Fsp3) is 0.583. The first kappa shape index (κ1) is 10.2. The van der Waals surface area contributed by atoms with Crippen molar-refractivity contribution in [1.82, 2.24) is 4.98 Å². The van der Waals surface area contributed by atoms with E-state index in [1.165, 1.54) is 22.4 Å². The van der Waals surface area contributed by atoms with E-state index < -0.39 is 0 Å². The zero-order valence-corrected chi connectivity index (χ0v) is 9.31. The van der Waals surface area contributed by atoms with Crippen LogP contribution in [-0.4, -0.2) is 4.98 Å². The second kappa shape index (κ2) is 3.91. The van der Waals surface area contributed by atoms with E-state index in [1.807, 2.05) is 6.20 Å². The molecule has 72 valence electrons. The van der Waals surface area contributed by atoms with Gasteiger partial charge in [0.1, 0.15) is 0 Å². The van der Waals surface area contributed by atoms with Crippen LogP contribution in [0.3, 0.4) is 0 Å². The van der Waals surface area contributed by atoms with Gasteiger partial charge >= 0.3 is 0 Å². The lowest BCUT2D eigenvalue weighted by molar-refractivity contribution is 0.809. The summed E-state index contributed by atoms with van der Waals surface area (Å²) >= 11 is 0. The average Bonchev–Trinajstić information content (AvgIpc) is 2.08. The molecule has 1 heteroatoms. The first-order valence-corrected chi connectivity index (χ1v) is 5.02. The van der Waals surface area contributed by atoms with E-state index in [0.717, 1.165) is 6.42 Å². The van der Waals surface area contributed by atoms with Gasteiger partial charge in [0.2, 0.25) is 0 Å². The molecule has 1 rings (SSSR count). The molecular weight excluding hydrogens is 158 g/mol. The van der Waals surface area contributed by atoms with Crippen LogP contribution in [0.1, 0.15) is 49.1 Å². The smallest absolute Gasteiger partial charge is 0.0438 e. The molecule has 1 nitrogen and oxygen atoms in total. The highest BCUT2D eigenvalue weighted by atomic mass is 14.7. The van der Waals surface area contributed by atoms with Gasteiger partial charge in [-0.05, 0) is 42.9 Å². The van der Waals surface area contributed by atoms with Crippen molar-refractivity contribution >= 4 is 0 Å². The molecule has 0 unspecified atom stereocenters. The topological polar surface area (TPSA) is 12.9 Å². The average molecular weight is 177 g/mol. The first-order chi connectivity index (χ1) is 6.07. The molecule has 13 heavy (non-hydrogen) atoms. The quantitative estimate of drug-likeness (QED) is 0.674. The van der Waals surface area contributed by atoms with E-state index in [4.69, 9.17) is 0 Å². The van der Waals surface area contributed by atoms with Crippen LogP contribution in [0.25, 0.3) is 0 Å². The first-order valence-electron chi connectivity index (χ1n) is 5.02. The Morgan fingerprint density at radius 2 is 1.92 bits per heavy atom. The van der Waals surface area contributed by atoms with Crippen molar-refractivity contribution in [3.05, 3.63) is 28.6 Å². The monoisotopic (exact) mass is 177 g/mol. The van der Waals surface area contributed by atoms with E-state index in [1.54, 1.807) is 0 Å². The largest absolute Gasteiger partial charge is 0.261 e. The summed E-state index contributed by atoms with van der Waals surface area (Å²) in [6.45, 7) is 11.0. The zero-order chi connectivity index (χ0) is 10.0. The third-order valence-electron chi connectivity index (χ3n) is 2.63. The van der Waals surface area contributed by atoms with Gasteiger partial charge in [-0.2, -0.15) is 0 Å². The van der Waals surface area contributed by atoms with Crippen molar-refractivity contribution in [3.8, 4) is 0 Å². The van der Waals surface area contributed by atoms with Gasteiger partial charge < -0.3 is 0 Å². The van der Waals surface area contributed by atoms with E-state index >= 15 is 0 Å². The third kappa shape index (κ3) is 1.90. The Kier molecular flexibility index (Phi) is 3.07. The summed E-state index contributed by atoms with van der Waals surface area (Å²) in [5.41, 5.74) is 5.43. The van der Waals surface area contributed by atoms with Crippen LogP contribution in [0, 0.1) is 13.8 Å². The van der Waals surface area contributed by atoms with Crippen LogP contribution in [0.4, 0.5) is 0 Å². The molecule has 0 radical (unpaired) electrons. The summed E-state index contributed by atoms with van der Waals surface area (Å²) in [4.78, 5) is 4.48. The summed E-state index contributed by atoms with van der Waals surface area (Å²) in [5, 5.41) is 0. The molecule has 1 aromatic heterocycles. The van der Waals surface area contributed by atoms with E-state index in [-0.39, 0.29) is 0 Å². The summed E-state index contributed by atoms with van der Waals surface area (Å²) in [6.07, 6.45) is 3.02. The van der Waals surface area contributed by atoms with Gasteiger partial charge in [0.15, 0.2) is 0 Å². The minimum absolute atomic E-state index is 0.586. The fourth-order valence-corrected chi connectivity index (χ4v) is 1.82. The van der Waals surface area contributed by atoms with Crippen LogP contribution in [0.2, 0.25) is 0 Å². The van der Waals surface area contributed by atoms with Crippen LogP contribution in [0.15, 0.2) is 6.20 Å². The van der Waals surface area contributed by atoms with Gasteiger partial charge in [-0.1, -0.05) is 20.8 Å². The van der Waals surface area contributed by atoms with Crippen molar-refractivity contribution in [1.29, 1.82) is 0 Å². The molecule has 0 aliphatic rings. The SMILES string of the molecule is CCc1ncc(C)c(C)c1C(C)C. The number of aromatic nitrogens is 1. The molecular formula is C12H19N. The maximum atomic E-state index is 4.48. The molecule has 0 N–H and O–H groups in total. The van der Waals surface area contributed by atoms with Crippen LogP contribution >= 0.6 is 0 Å². The summed E-state index contributed by atoms with van der Waals surface area (Å²) in [6, 6.07) is 0. The number of aryl methyl sites for hydroxylation is 2. The highest BCUT2D eigenvalue weighted by Crippen LogP contribution is 2.24. The van der Waals surface area contributed by atoms with Crippen molar-refractivity contribution in [2.45, 2.75) is 47.0 Å². The molecule has 1 heterocycles. The van der Waals surface area contributed by atoms with Gasteiger partial charge in [0.05, 0.1) is 0 Å². The minimum Gasteiger partial charge on any atom is -0.261 e. The number of hydrogen-bond donors (Lipinski definition) is 0. The molecule has 0 amide bonds. The predicted octanol–water partition coefficient (Wildman–Crippen LogP) is 3.38. The normalized spacial score (nSPS) is 10.9. The molecule has 0 aliphatic heterocycles. The van der Waals surface area contributed by atoms with E-state index in [9.17, 15) is 0 Å². The number of hydrogen-bond acceptors (Lipinski definition) is 1. The lowest BCUT2D eigenvalue weighted by atomic mass is 9.93. The molecule has 0 bridgehead atoms. The van der Waals surface area contributed by atoms with Crippen molar-refractivity contribution < 1.29 is 0 Å². The Hall–Kier alpha value is -0.850. The van der Waals surface area contributed by atoms with Gasteiger partial charge in [-0.3, -0.25) is 4.98 Å². The highest BCUT2D eigenvalue weighted by Gasteiger charge is 2.10. The summed E-state index contributed by atoms with van der Waals surface area (Å²) in [5.74, 6) is 0.586. The van der Waals surface area contributed by atoms with Gasteiger partial charge in [0.25, 0.3) is 0 Å². The second-order valence-corrected chi connectivity index (χ2v) is 3.93. The maximum absolute atomic E-state index is 4.48. The Morgan fingerprint density at radius 3 is 2.38 bits per heavy atom. The predicted molar refractivity (Wildman–Crippen MR) is 57.2 cm³/mol. The Morgan fingerprint density at radius 1 is 1.31 bits per heavy atom. The van der Waals surface area contributed by atoms with Gasteiger partial charge in [-0.25, -0.2) is 0 Å². The molecule has 0 atom stereocenters. The maximum Gasteiger partial charge on any atom is 0.0438 e. The molecule has 0 aromatic carbocycles. The summed E-state index contributed by atoms with van der Waals surface area (Å²) < 4.78 is 0. The molecule has 1 aromatic rings. The molecule has 0 fully saturated rings. The van der Waals surface area contributed by atoms with Crippen molar-refractivity contribution in [2.75, 3.05) is 0 Å². The van der Waals surface area contributed by atoms with E-state index in [2.05, 4.69) is 39.6 Å². The lowest BCUT2D eigenvalue weighted by Gasteiger charge is -2.15. The Bertz CT molecular complexity index is 300. The number of rotatable bonds is 2. The molecule has 0 spiro atoms. The fourth-order valence-electron chi connectivity index (χ4n) is 1.82. The van der Waals surface area contributed by atoms with Crippen molar-refractivity contribution in [3.63, 3.8) is 0 Å². The Labute approximate surface area is 81.2 Å². The van der Waals surface area contributed by atoms with Gasteiger partial charge in [-0.15, -0.1) is 0 Å². The van der Waals surface area contributed by atoms with Gasteiger partial charge in [0, 0.05) is 11.9 Å². The minimum atomic E-state index is 0.586. The van der Waals surface area contributed by atoms with Crippen LogP contribution < -0.4 is 0 Å². The zero-order valence-electron chi connectivity index (χ0n) is 9.31. The Balaban J connectivity index is 3.32. The number of nitrogens with zero attached hydrogens (tertiary/aromatic N) is 1. The van der Waals surface area contributed by atoms with E-state index in [0.29, 0.717) is 5.92 Å². The van der Waals surface area contributed by atoms with Crippen molar-refractivity contribution in [2.24, 2.45) is 0 Å². The highest BCUT2D eigenvalue weighted by molar-refractivity contribution is 5.36. The van der Waals surface area contributed by atoms with Crippen LogP contribution in [-0.2, 0) is 6.42 Å². The van der Waals surface area contributed by atoms with Crippen LogP contribution in [0.5, 0.6) is 0 Å². The second-order valence-electron chi connectivity index (χ2n) is 3.93. The standard InChI is InChI=1S/C12H19N/c1-6-11-12(8(2)3)10(5)9(4)7-13-11/h7-8H,6H2,1-5H3. The molecule has 0 saturated carbocycles. The number of pyridine rings is 1. The molecule has 0 aliphatic carbocycles. The summed E-state index contributed by atoms with van der Waals surface area (Å²) in [7, 11) is 0.